The SMILES string of the molecule is CCC(CBr)(CBr)NC(=O)C1CCOc2ccccc21. The molecule has 0 spiro atoms. The number of hydrogen-bond acceptors (Lipinski definition) is 2. The molecule has 1 aromatic carbocycles. The van der Waals surface area contributed by atoms with Gasteiger partial charge in [-0.15, -0.1) is 0 Å². The van der Waals surface area contributed by atoms with Crippen LogP contribution in [0.1, 0.15) is 31.2 Å². The minimum Gasteiger partial charge on any atom is -0.493 e. The van der Waals surface area contributed by atoms with E-state index in [1.807, 2.05) is 24.3 Å². The second-order valence-corrected chi connectivity index (χ2v) is 6.24. The van der Waals surface area contributed by atoms with Crippen LogP contribution in [0.4, 0.5) is 0 Å². The summed E-state index contributed by atoms with van der Waals surface area (Å²) in [5.41, 5.74) is 0.759. The van der Waals surface area contributed by atoms with Gasteiger partial charge in [-0.2, -0.15) is 0 Å². The molecule has 20 heavy (non-hydrogen) atoms. The van der Waals surface area contributed by atoms with Gasteiger partial charge in [-0.25, -0.2) is 0 Å². The molecule has 0 aromatic heterocycles. The Morgan fingerprint density at radius 1 is 1.40 bits per heavy atom. The van der Waals surface area contributed by atoms with Gasteiger partial charge < -0.3 is 10.1 Å². The molecule has 1 aliphatic heterocycles. The number of hydrogen-bond donors (Lipinski definition) is 1. The Kier molecular flexibility index (Phi) is 5.49. The Morgan fingerprint density at radius 3 is 2.75 bits per heavy atom. The Balaban J connectivity index is 2.19. The molecule has 1 aromatic rings. The lowest BCUT2D eigenvalue weighted by Gasteiger charge is -2.33. The molecule has 1 unspecified atom stereocenters. The maximum Gasteiger partial charge on any atom is 0.228 e. The lowest BCUT2D eigenvalue weighted by atomic mass is 9.90. The van der Waals surface area contributed by atoms with Gasteiger partial charge in [-0.05, 0) is 18.9 Å². The van der Waals surface area contributed by atoms with Crippen molar-refractivity contribution in [3.05, 3.63) is 29.8 Å². The van der Waals surface area contributed by atoms with Crippen molar-refractivity contribution in [1.29, 1.82) is 0 Å². The van der Waals surface area contributed by atoms with Crippen LogP contribution in [0.2, 0.25) is 0 Å². The fraction of sp³-hybridized carbons (Fsp3) is 0.533. The molecule has 1 heterocycles. The van der Waals surface area contributed by atoms with Gasteiger partial charge in [-0.3, -0.25) is 4.79 Å². The standard InChI is InChI=1S/C15H19Br2NO2/c1-2-15(9-16,10-17)18-14(19)12-7-8-20-13-6-4-3-5-11(12)13/h3-6,12H,2,7-10H2,1H3,(H,18,19). The van der Waals surface area contributed by atoms with Gasteiger partial charge in [0.2, 0.25) is 5.91 Å². The zero-order valence-corrected chi connectivity index (χ0v) is 14.7. The molecule has 0 saturated heterocycles. The number of carbonyl (C=O) groups excluding carboxylic acids is 1. The van der Waals surface area contributed by atoms with E-state index in [-0.39, 0.29) is 17.4 Å². The first-order valence-corrected chi connectivity index (χ1v) is 9.06. The third kappa shape index (κ3) is 3.19. The molecule has 0 aliphatic carbocycles. The van der Waals surface area contributed by atoms with E-state index in [9.17, 15) is 4.79 Å². The highest BCUT2D eigenvalue weighted by molar-refractivity contribution is 9.09. The highest BCUT2D eigenvalue weighted by Gasteiger charge is 2.33. The topological polar surface area (TPSA) is 38.3 Å². The van der Waals surface area contributed by atoms with Crippen molar-refractivity contribution >= 4 is 37.8 Å². The average Bonchev–Trinajstić information content (AvgIpc) is 2.52. The number of halogens is 2. The van der Waals surface area contributed by atoms with Crippen LogP contribution in [0.3, 0.4) is 0 Å². The van der Waals surface area contributed by atoms with Crippen molar-refractivity contribution in [3.8, 4) is 5.75 Å². The molecule has 0 saturated carbocycles. The first kappa shape index (κ1) is 15.8. The zero-order chi connectivity index (χ0) is 14.6. The Morgan fingerprint density at radius 2 is 2.10 bits per heavy atom. The molecule has 1 aliphatic rings. The molecule has 1 N–H and O–H groups in total. The van der Waals surface area contributed by atoms with Gasteiger partial charge >= 0.3 is 0 Å². The number of amides is 1. The summed E-state index contributed by atoms with van der Waals surface area (Å²) in [6.07, 6.45) is 1.60. The fourth-order valence-corrected chi connectivity index (χ4v) is 4.34. The molecule has 0 fully saturated rings. The van der Waals surface area contributed by atoms with Gasteiger partial charge in [-0.1, -0.05) is 57.0 Å². The third-order valence-electron chi connectivity index (χ3n) is 3.85. The van der Waals surface area contributed by atoms with E-state index < -0.39 is 0 Å². The lowest BCUT2D eigenvalue weighted by molar-refractivity contribution is -0.124. The minimum atomic E-state index is -0.232. The molecule has 2 rings (SSSR count). The van der Waals surface area contributed by atoms with Gasteiger partial charge in [0.05, 0.1) is 18.1 Å². The number of alkyl halides is 2. The van der Waals surface area contributed by atoms with E-state index in [2.05, 4.69) is 44.1 Å². The normalized spacial score (nSPS) is 18.1. The van der Waals surface area contributed by atoms with Crippen molar-refractivity contribution in [2.75, 3.05) is 17.3 Å². The van der Waals surface area contributed by atoms with Crippen molar-refractivity contribution < 1.29 is 9.53 Å². The van der Waals surface area contributed by atoms with Crippen molar-refractivity contribution in [1.82, 2.24) is 5.32 Å². The van der Waals surface area contributed by atoms with E-state index in [0.29, 0.717) is 6.61 Å². The maximum atomic E-state index is 12.6. The van der Waals surface area contributed by atoms with Crippen LogP contribution in [0.15, 0.2) is 24.3 Å². The maximum absolute atomic E-state index is 12.6. The molecule has 1 amide bonds. The molecule has 110 valence electrons. The van der Waals surface area contributed by atoms with E-state index >= 15 is 0 Å². The summed E-state index contributed by atoms with van der Waals surface area (Å²) in [6, 6.07) is 7.80. The fourth-order valence-electron chi connectivity index (χ4n) is 2.34. The number of para-hydroxylation sites is 1. The monoisotopic (exact) mass is 403 g/mol. The second kappa shape index (κ2) is 6.94. The zero-order valence-electron chi connectivity index (χ0n) is 11.5. The highest BCUT2D eigenvalue weighted by Crippen LogP contribution is 2.34. The molecule has 0 bridgehead atoms. The number of carbonyl (C=O) groups is 1. The summed E-state index contributed by atoms with van der Waals surface area (Å²) in [6.45, 7) is 2.68. The average molecular weight is 405 g/mol. The van der Waals surface area contributed by atoms with E-state index in [1.54, 1.807) is 0 Å². The summed E-state index contributed by atoms with van der Waals surface area (Å²) < 4.78 is 5.61. The number of ether oxygens (including phenoxy) is 1. The van der Waals surface area contributed by atoms with E-state index in [1.165, 1.54) is 0 Å². The van der Waals surface area contributed by atoms with Gasteiger partial charge in [0, 0.05) is 16.2 Å². The van der Waals surface area contributed by atoms with E-state index in [0.717, 1.165) is 34.8 Å². The molecule has 5 heteroatoms. The van der Waals surface area contributed by atoms with Crippen molar-refractivity contribution in [3.63, 3.8) is 0 Å². The predicted molar refractivity (Wildman–Crippen MR) is 88.0 cm³/mol. The molecule has 3 nitrogen and oxygen atoms in total. The number of benzene rings is 1. The summed E-state index contributed by atoms with van der Waals surface area (Å²) in [4.78, 5) is 12.6. The molecule has 0 radical (unpaired) electrons. The van der Waals surface area contributed by atoms with Crippen molar-refractivity contribution in [2.45, 2.75) is 31.2 Å². The number of nitrogens with one attached hydrogen (secondary N) is 1. The first-order chi connectivity index (χ1) is 9.65. The van der Waals surface area contributed by atoms with Crippen LogP contribution in [0.5, 0.6) is 5.75 Å². The summed E-state index contributed by atoms with van der Waals surface area (Å²) in [5.74, 6) is 0.796. The smallest absolute Gasteiger partial charge is 0.228 e. The summed E-state index contributed by atoms with van der Waals surface area (Å²) >= 11 is 7.02. The Hall–Kier alpha value is -0.550. The molecule has 1 atom stereocenters. The largest absolute Gasteiger partial charge is 0.493 e. The van der Waals surface area contributed by atoms with Gasteiger partial charge in [0.25, 0.3) is 0 Å². The second-order valence-electron chi connectivity index (χ2n) is 5.12. The molecular weight excluding hydrogens is 386 g/mol. The quantitative estimate of drug-likeness (QED) is 0.761. The number of rotatable bonds is 5. The van der Waals surface area contributed by atoms with Gasteiger partial charge in [0.15, 0.2) is 0 Å². The van der Waals surface area contributed by atoms with Crippen LogP contribution in [-0.4, -0.2) is 28.7 Å². The number of fused-ring (bicyclic) bond motifs is 1. The lowest BCUT2D eigenvalue weighted by Crippen LogP contribution is -2.52. The van der Waals surface area contributed by atoms with Crippen LogP contribution in [-0.2, 0) is 4.79 Å². The van der Waals surface area contributed by atoms with Crippen LogP contribution in [0, 0.1) is 0 Å². The van der Waals surface area contributed by atoms with Crippen LogP contribution in [0.25, 0.3) is 0 Å². The van der Waals surface area contributed by atoms with Crippen LogP contribution >= 0.6 is 31.9 Å². The van der Waals surface area contributed by atoms with Crippen molar-refractivity contribution in [2.24, 2.45) is 0 Å². The summed E-state index contributed by atoms with van der Waals surface area (Å²) in [5, 5.41) is 4.67. The predicted octanol–water partition coefficient (Wildman–Crippen LogP) is 3.61. The third-order valence-corrected chi connectivity index (χ3v) is 6.00. The van der Waals surface area contributed by atoms with E-state index in [4.69, 9.17) is 4.74 Å². The summed E-state index contributed by atoms with van der Waals surface area (Å²) in [7, 11) is 0. The van der Waals surface area contributed by atoms with Gasteiger partial charge in [0.1, 0.15) is 5.75 Å². The van der Waals surface area contributed by atoms with Crippen LogP contribution < -0.4 is 10.1 Å². The Bertz CT molecular complexity index is 466. The molecular formula is C15H19Br2NO2. The highest BCUT2D eigenvalue weighted by atomic mass is 79.9. The minimum absolute atomic E-state index is 0.0847. The Labute approximate surface area is 136 Å². The first-order valence-electron chi connectivity index (χ1n) is 6.81.